The Morgan fingerprint density at radius 1 is 1.47 bits per heavy atom. The van der Waals surface area contributed by atoms with Crippen LogP contribution in [0.15, 0.2) is 24.3 Å². The highest BCUT2D eigenvalue weighted by atomic mass is 16.4. The third kappa shape index (κ3) is 2.47. The number of nitrogens with zero attached hydrogens (tertiary/aromatic N) is 2. The molecule has 1 aromatic rings. The Labute approximate surface area is 113 Å². The maximum Gasteiger partial charge on any atom is 0.324 e. The van der Waals surface area contributed by atoms with Gasteiger partial charge in [-0.3, -0.25) is 9.69 Å². The zero-order valence-corrected chi connectivity index (χ0v) is 11.1. The number of rotatable bonds is 4. The van der Waals surface area contributed by atoms with Crippen LogP contribution in [-0.2, 0) is 11.3 Å². The molecule has 0 spiro atoms. The van der Waals surface area contributed by atoms with Gasteiger partial charge in [0.2, 0.25) is 0 Å². The molecule has 4 heteroatoms. The van der Waals surface area contributed by atoms with Gasteiger partial charge in [0.25, 0.3) is 0 Å². The maximum atomic E-state index is 11.6. The SMILES string of the molecule is CCC1(C(=O)O)CCCN1Cc1ccc(C#N)cc1. The lowest BCUT2D eigenvalue weighted by Crippen LogP contribution is -2.49. The normalized spacial score (nSPS) is 23.2. The van der Waals surface area contributed by atoms with E-state index in [1.807, 2.05) is 19.1 Å². The summed E-state index contributed by atoms with van der Waals surface area (Å²) < 4.78 is 0. The summed E-state index contributed by atoms with van der Waals surface area (Å²) in [6.07, 6.45) is 2.27. The van der Waals surface area contributed by atoms with Crippen molar-refractivity contribution in [3.63, 3.8) is 0 Å². The lowest BCUT2D eigenvalue weighted by Gasteiger charge is -2.33. The van der Waals surface area contributed by atoms with Gasteiger partial charge < -0.3 is 5.11 Å². The highest BCUT2D eigenvalue weighted by Crippen LogP contribution is 2.34. The summed E-state index contributed by atoms with van der Waals surface area (Å²) in [5, 5.41) is 18.3. The second kappa shape index (κ2) is 5.41. The van der Waals surface area contributed by atoms with Crippen LogP contribution in [0.4, 0.5) is 0 Å². The molecular weight excluding hydrogens is 240 g/mol. The summed E-state index contributed by atoms with van der Waals surface area (Å²) in [5.41, 5.74) is 0.971. The monoisotopic (exact) mass is 258 g/mol. The number of nitriles is 1. The summed E-state index contributed by atoms with van der Waals surface area (Å²) in [4.78, 5) is 13.6. The number of benzene rings is 1. The predicted molar refractivity (Wildman–Crippen MR) is 71.5 cm³/mol. The fourth-order valence-electron chi connectivity index (χ4n) is 2.86. The molecule has 1 aromatic carbocycles. The number of hydrogen-bond donors (Lipinski definition) is 1. The molecule has 1 aliphatic heterocycles. The van der Waals surface area contributed by atoms with Crippen LogP contribution in [0.3, 0.4) is 0 Å². The van der Waals surface area contributed by atoms with Crippen LogP contribution in [0.2, 0.25) is 0 Å². The van der Waals surface area contributed by atoms with E-state index in [2.05, 4.69) is 11.0 Å². The van der Waals surface area contributed by atoms with Crippen molar-refractivity contribution in [3.8, 4) is 6.07 Å². The first-order chi connectivity index (χ1) is 9.12. The molecule has 1 atom stereocenters. The Bertz CT molecular complexity index is 504. The van der Waals surface area contributed by atoms with Gasteiger partial charge in [-0.05, 0) is 43.5 Å². The fourth-order valence-corrected chi connectivity index (χ4v) is 2.86. The van der Waals surface area contributed by atoms with E-state index in [9.17, 15) is 9.90 Å². The first-order valence-corrected chi connectivity index (χ1v) is 6.60. The molecule has 0 radical (unpaired) electrons. The highest BCUT2D eigenvalue weighted by molar-refractivity contribution is 5.79. The molecular formula is C15H18N2O2. The van der Waals surface area contributed by atoms with Crippen LogP contribution >= 0.6 is 0 Å². The Morgan fingerprint density at radius 2 is 2.16 bits per heavy atom. The summed E-state index contributed by atoms with van der Waals surface area (Å²) >= 11 is 0. The van der Waals surface area contributed by atoms with E-state index in [0.717, 1.165) is 24.9 Å². The molecule has 1 saturated heterocycles. The number of aliphatic carboxylic acids is 1. The van der Waals surface area contributed by atoms with Crippen LogP contribution < -0.4 is 0 Å². The van der Waals surface area contributed by atoms with E-state index in [4.69, 9.17) is 5.26 Å². The minimum Gasteiger partial charge on any atom is -0.480 e. The van der Waals surface area contributed by atoms with Crippen LogP contribution in [0.5, 0.6) is 0 Å². The van der Waals surface area contributed by atoms with Crippen molar-refractivity contribution in [2.45, 2.75) is 38.3 Å². The Balaban J connectivity index is 2.17. The van der Waals surface area contributed by atoms with E-state index >= 15 is 0 Å². The number of carbonyl (C=O) groups is 1. The molecule has 1 aliphatic rings. The van der Waals surface area contributed by atoms with Gasteiger partial charge in [-0.25, -0.2) is 0 Å². The average Bonchev–Trinajstić information content (AvgIpc) is 2.83. The quantitative estimate of drug-likeness (QED) is 0.900. The molecule has 0 amide bonds. The lowest BCUT2D eigenvalue weighted by molar-refractivity contribution is -0.150. The molecule has 1 fully saturated rings. The van der Waals surface area contributed by atoms with E-state index in [0.29, 0.717) is 18.5 Å². The molecule has 0 aromatic heterocycles. The second-order valence-electron chi connectivity index (χ2n) is 5.02. The van der Waals surface area contributed by atoms with Gasteiger partial charge >= 0.3 is 5.97 Å². The van der Waals surface area contributed by atoms with Gasteiger partial charge in [-0.1, -0.05) is 19.1 Å². The minimum atomic E-state index is -0.721. The zero-order chi connectivity index (χ0) is 13.9. The highest BCUT2D eigenvalue weighted by Gasteiger charge is 2.45. The number of likely N-dealkylation sites (tertiary alicyclic amines) is 1. The number of carboxylic acid groups (broad SMARTS) is 1. The lowest BCUT2D eigenvalue weighted by atomic mass is 9.92. The van der Waals surface area contributed by atoms with Gasteiger partial charge in [0.1, 0.15) is 5.54 Å². The van der Waals surface area contributed by atoms with Crippen LogP contribution in [0, 0.1) is 11.3 Å². The van der Waals surface area contributed by atoms with E-state index < -0.39 is 11.5 Å². The van der Waals surface area contributed by atoms with Crippen LogP contribution in [0.1, 0.15) is 37.3 Å². The number of carboxylic acids is 1. The molecule has 2 rings (SSSR count). The molecule has 1 heterocycles. The van der Waals surface area contributed by atoms with Crippen LogP contribution in [-0.4, -0.2) is 28.1 Å². The predicted octanol–water partition coefficient (Wildman–Crippen LogP) is 2.39. The van der Waals surface area contributed by atoms with Gasteiger partial charge in [0.05, 0.1) is 11.6 Å². The van der Waals surface area contributed by atoms with Crippen molar-refractivity contribution < 1.29 is 9.90 Å². The Morgan fingerprint density at radius 3 is 2.68 bits per heavy atom. The second-order valence-corrected chi connectivity index (χ2v) is 5.02. The molecule has 0 aliphatic carbocycles. The summed E-state index contributed by atoms with van der Waals surface area (Å²) in [7, 11) is 0. The largest absolute Gasteiger partial charge is 0.480 e. The van der Waals surface area contributed by atoms with Gasteiger partial charge in [0.15, 0.2) is 0 Å². The van der Waals surface area contributed by atoms with Gasteiger partial charge in [-0.2, -0.15) is 5.26 Å². The maximum absolute atomic E-state index is 11.6. The minimum absolute atomic E-state index is 0.624. The molecule has 19 heavy (non-hydrogen) atoms. The first kappa shape index (κ1) is 13.6. The molecule has 1 N–H and O–H groups in total. The van der Waals surface area contributed by atoms with Crippen molar-refractivity contribution >= 4 is 5.97 Å². The smallest absolute Gasteiger partial charge is 0.324 e. The molecule has 1 unspecified atom stereocenters. The van der Waals surface area contributed by atoms with Crippen molar-refractivity contribution in [1.82, 2.24) is 4.90 Å². The molecule has 100 valence electrons. The standard InChI is InChI=1S/C15H18N2O2/c1-2-15(14(18)19)8-3-9-17(15)11-13-6-4-12(10-16)5-7-13/h4-7H,2-3,8-9,11H2,1H3,(H,18,19). The Kier molecular flexibility index (Phi) is 3.87. The number of hydrogen-bond acceptors (Lipinski definition) is 3. The fraction of sp³-hybridized carbons (Fsp3) is 0.467. The third-order valence-electron chi connectivity index (χ3n) is 4.06. The summed E-state index contributed by atoms with van der Waals surface area (Å²) in [6.45, 7) is 3.39. The molecule has 4 nitrogen and oxygen atoms in total. The molecule has 0 bridgehead atoms. The van der Waals surface area contributed by atoms with Crippen LogP contribution in [0.25, 0.3) is 0 Å². The summed E-state index contributed by atoms with van der Waals surface area (Å²) in [6, 6.07) is 9.44. The first-order valence-electron chi connectivity index (χ1n) is 6.60. The van der Waals surface area contributed by atoms with Crippen molar-refractivity contribution in [1.29, 1.82) is 5.26 Å². The van der Waals surface area contributed by atoms with Crippen molar-refractivity contribution in [2.75, 3.05) is 6.54 Å². The van der Waals surface area contributed by atoms with E-state index in [1.54, 1.807) is 12.1 Å². The Hall–Kier alpha value is -1.86. The van der Waals surface area contributed by atoms with Gasteiger partial charge in [0, 0.05) is 6.54 Å². The van der Waals surface area contributed by atoms with Crippen molar-refractivity contribution in [3.05, 3.63) is 35.4 Å². The topological polar surface area (TPSA) is 64.3 Å². The van der Waals surface area contributed by atoms with E-state index in [-0.39, 0.29) is 0 Å². The van der Waals surface area contributed by atoms with Gasteiger partial charge in [-0.15, -0.1) is 0 Å². The van der Waals surface area contributed by atoms with Crippen molar-refractivity contribution in [2.24, 2.45) is 0 Å². The summed E-state index contributed by atoms with van der Waals surface area (Å²) in [5.74, 6) is -0.721. The zero-order valence-electron chi connectivity index (χ0n) is 11.1. The van der Waals surface area contributed by atoms with E-state index in [1.165, 1.54) is 0 Å². The third-order valence-corrected chi connectivity index (χ3v) is 4.06. The average molecular weight is 258 g/mol. The molecule has 0 saturated carbocycles.